The Hall–Kier alpha value is -2.04. The molecule has 118 valence electrons. The summed E-state index contributed by atoms with van der Waals surface area (Å²) in [5.74, 6) is 0.0152. The van der Waals surface area contributed by atoms with Gasteiger partial charge in [-0.15, -0.1) is 0 Å². The molecule has 1 heterocycles. The van der Waals surface area contributed by atoms with E-state index in [1.54, 1.807) is 16.8 Å². The minimum Gasteiger partial charge on any atom is -0.352 e. The predicted molar refractivity (Wildman–Crippen MR) is 84.2 cm³/mol. The Kier molecular flexibility index (Phi) is 4.32. The normalized spacial score (nSPS) is 20.8. The fraction of sp³-hybridized carbons (Fsp3) is 0.529. The van der Waals surface area contributed by atoms with E-state index in [2.05, 4.69) is 5.32 Å². The number of amides is 3. The predicted octanol–water partition coefficient (Wildman–Crippen LogP) is 1.98. The van der Waals surface area contributed by atoms with Gasteiger partial charge in [0.15, 0.2) is 0 Å². The van der Waals surface area contributed by atoms with Gasteiger partial charge in [0.05, 0.1) is 0 Å². The van der Waals surface area contributed by atoms with Crippen LogP contribution in [0.25, 0.3) is 0 Å². The highest BCUT2D eigenvalue weighted by Crippen LogP contribution is 2.23. The van der Waals surface area contributed by atoms with Crippen LogP contribution in [-0.2, 0) is 11.3 Å². The summed E-state index contributed by atoms with van der Waals surface area (Å²) in [6.07, 6.45) is 3.80. The molecule has 1 aromatic carbocycles. The standard InChI is InChI=1S/C17H23N3O2/c1-19(12-13-6-3-2-4-7-13)17(22)20-11-5-8-15(20)16(21)18-14-9-10-14/h2-4,6-7,14-15H,5,8-12H2,1H3,(H,18,21). The maximum absolute atomic E-state index is 12.6. The quantitative estimate of drug-likeness (QED) is 0.924. The third-order valence-corrected chi connectivity index (χ3v) is 4.31. The van der Waals surface area contributed by atoms with Crippen LogP contribution in [0.1, 0.15) is 31.2 Å². The molecule has 1 atom stereocenters. The molecule has 3 amide bonds. The zero-order valence-electron chi connectivity index (χ0n) is 13.0. The molecule has 3 rings (SSSR count). The van der Waals surface area contributed by atoms with Crippen molar-refractivity contribution in [2.45, 2.75) is 44.3 Å². The summed E-state index contributed by atoms with van der Waals surface area (Å²) in [4.78, 5) is 28.3. The van der Waals surface area contributed by atoms with Crippen LogP contribution in [0, 0.1) is 0 Å². The largest absolute Gasteiger partial charge is 0.352 e. The lowest BCUT2D eigenvalue weighted by atomic mass is 10.2. The van der Waals surface area contributed by atoms with E-state index in [1.807, 2.05) is 30.3 Å². The summed E-state index contributed by atoms with van der Waals surface area (Å²) >= 11 is 0. The molecule has 1 saturated heterocycles. The van der Waals surface area contributed by atoms with E-state index in [9.17, 15) is 9.59 Å². The minimum absolute atomic E-state index is 0.0152. The summed E-state index contributed by atoms with van der Waals surface area (Å²) < 4.78 is 0. The topological polar surface area (TPSA) is 52.7 Å². The first kappa shape index (κ1) is 14.9. The van der Waals surface area contributed by atoms with Crippen molar-refractivity contribution >= 4 is 11.9 Å². The lowest BCUT2D eigenvalue weighted by Crippen LogP contribution is -2.50. The summed E-state index contributed by atoms with van der Waals surface area (Å²) in [6.45, 7) is 1.23. The van der Waals surface area contributed by atoms with Gasteiger partial charge in [-0.05, 0) is 31.2 Å². The maximum atomic E-state index is 12.6. The second-order valence-corrected chi connectivity index (χ2v) is 6.26. The van der Waals surface area contributed by atoms with Crippen molar-refractivity contribution in [2.75, 3.05) is 13.6 Å². The van der Waals surface area contributed by atoms with Crippen LogP contribution in [-0.4, -0.2) is 47.4 Å². The van der Waals surface area contributed by atoms with Crippen molar-refractivity contribution in [2.24, 2.45) is 0 Å². The third-order valence-electron chi connectivity index (χ3n) is 4.31. The number of carbonyl (C=O) groups excluding carboxylic acids is 2. The number of rotatable bonds is 4. The Morgan fingerprint density at radius 1 is 1.23 bits per heavy atom. The van der Waals surface area contributed by atoms with Crippen molar-refractivity contribution in [1.82, 2.24) is 15.1 Å². The molecular weight excluding hydrogens is 278 g/mol. The van der Waals surface area contributed by atoms with Crippen molar-refractivity contribution in [3.63, 3.8) is 0 Å². The molecule has 1 aromatic rings. The summed E-state index contributed by atoms with van der Waals surface area (Å²) in [5, 5.41) is 3.02. The summed E-state index contributed by atoms with van der Waals surface area (Å²) in [6, 6.07) is 9.89. The molecule has 2 fully saturated rings. The van der Waals surface area contributed by atoms with E-state index in [4.69, 9.17) is 0 Å². The van der Waals surface area contributed by atoms with Gasteiger partial charge in [-0.3, -0.25) is 4.79 Å². The van der Waals surface area contributed by atoms with Crippen molar-refractivity contribution in [3.05, 3.63) is 35.9 Å². The van der Waals surface area contributed by atoms with Crippen LogP contribution in [0.4, 0.5) is 4.79 Å². The van der Waals surface area contributed by atoms with Gasteiger partial charge in [0.2, 0.25) is 5.91 Å². The van der Waals surface area contributed by atoms with Gasteiger partial charge in [0.1, 0.15) is 6.04 Å². The molecule has 0 radical (unpaired) electrons. The van der Waals surface area contributed by atoms with Gasteiger partial charge < -0.3 is 15.1 Å². The van der Waals surface area contributed by atoms with Crippen LogP contribution in [0.15, 0.2) is 30.3 Å². The average Bonchev–Trinajstić information content (AvgIpc) is 3.19. The van der Waals surface area contributed by atoms with Crippen LogP contribution in [0.2, 0.25) is 0 Å². The van der Waals surface area contributed by atoms with Crippen LogP contribution in [0.3, 0.4) is 0 Å². The first-order valence-corrected chi connectivity index (χ1v) is 8.01. The van der Waals surface area contributed by atoms with Gasteiger partial charge in [-0.2, -0.15) is 0 Å². The first-order valence-electron chi connectivity index (χ1n) is 8.01. The molecule has 2 aliphatic rings. The molecule has 22 heavy (non-hydrogen) atoms. The highest BCUT2D eigenvalue weighted by atomic mass is 16.2. The van der Waals surface area contributed by atoms with Crippen molar-refractivity contribution < 1.29 is 9.59 Å². The zero-order valence-corrected chi connectivity index (χ0v) is 13.0. The van der Waals surface area contributed by atoms with Crippen LogP contribution < -0.4 is 5.32 Å². The van der Waals surface area contributed by atoms with Gasteiger partial charge >= 0.3 is 6.03 Å². The summed E-state index contributed by atoms with van der Waals surface area (Å²) in [5.41, 5.74) is 1.09. The molecule has 5 nitrogen and oxygen atoms in total. The monoisotopic (exact) mass is 301 g/mol. The Morgan fingerprint density at radius 2 is 1.95 bits per heavy atom. The van der Waals surface area contributed by atoms with Crippen LogP contribution >= 0.6 is 0 Å². The highest BCUT2D eigenvalue weighted by Gasteiger charge is 2.37. The number of benzene rings is 1. The molecule has 1 saturated carbocycles. The van der Waals surface area contributed by atoms with E-state index in [0.717, 1.165) is 31.2 Å². The van der Waals surface area contributed by atoms with Gasteiger partial charge in [0.25, 0.3) is 0 Å². The fourth-order valence-corrected chi connectivity index (χ4v) is 2.94. The molecule has 1 N–H and O–H groups in total. The second kappa shape index (κ2) is 6.38. The van der Waals surface area contributed by atoms with Gasteiger partial charge in [0, 0.05) is 26.2 Å². The van der Waals surface area contributed by atoms with Gasteiger partial charge in [-0.1, -0.05) is 30.3 Å². The van der Waals surface area contributed by atoms with Crippen molar-refractivity contribution in [1.29, 1.82) is 0 Å². The number of urea groups is 1. The number of hydrogen-bond donors (Lipinski definition) is 1. The van der Waals surface area contributed by atoms with Gasteiger partial charge in [-0.25, -0.2) is 4.79 Å². The number of nitrogens with one attached hydrogen (secondary N) is 1. The Bertz CT molecular complexity index is 542. The summed E-state index contributed by atoms with van der Waals surface area (Å²) in [7, 11) is 1.80. The lowest BCUT2D eigenvalue weighted by Gasteiger charge is -2.29. The third kappa shape index (κ3) is 3.40. The maximum Gasteiger partial charge on any atom is 0.320 e. The molecule has 1 aliphatic carbocycles. The molecule has 1 unspecified atom stereocenters. The molecule has 0 bridgehead atoms. The lowest BCUT2D eigenvalue weighted by molar-refractivity contribution is -0.125. The number of carbonyl (C=O) groups is 2. The smallest absolute Gasteiger partial charge is 0.320 e. The van der Waals surface area contributed by atoms with Crippen molar-refractivity contribution in [3.8, 4) is 0 Å². The van der Waals surface area contributed by atoms with E-state index < -0.39 is 0 Å². The number of hydrogen-bond acceptors (Lipinski definition) is 2. The average molecular weight is 301 g/mol. The molecule has 0 aromatic heterocycles. The second-order valence-electron chi connectivity index (χ2n) is 6.26. The molecular formula is C17H23N3O2. The SMILES string of the molecule is CN(Cc1ccccc1)C(=O)N1CCCC1C(=O)NC1CC1. The molecule has 5 heteroatoms. The Labute approximate surface area is 131 Å². The van der Waals surface area contributed by atoms with E-state index >= 15 is 0 Å². The first-order chi connectivity index (χ1) is 10.6. The Morgan fingerprint density at radius 3 is 2.64 bits per heavy atom. The molecule has 1 aliphatic heterocycles. The van der Waals surface area contributed by atoms with E-state index in [-0.39, 0.29) is 18.0 Å². The van der Waals surface area contributed by atoms with E-state index in [1.165, 1.54) is 0 Å². The number of nitrogens with zero attached hydrogens (tertiary/aromatic N) is 2. The van der Waals surface area contributed by atoms with E-state index in [0.29, 0.717) is 19.1 Å². The minimum atomic E-state index is -0.300. The number of likely N-dealkylation sites (tertiary alicyclic amines) is 1. The Balaban J connectivity index is 1.60. The van der Waals surface area contributed by atoms with Crippen LogP contribution in [0.5, 0.6) is 0 Å². The molecule has 0 spiro atoms. The fourth-order valence-electron chi connectivity index (χ4n) is 2.94. The highest BCUT2D eigenvalue weighted by molar-refractivity contribution is 5.88. The zero-order chi connectivity index (χ0) is 15.5.